The van der Waals surface area contributed by atoms with E-state index in [9.17, 15) is 14.7 Å². The van der Waals surface area contributed by atoms with Crippen molar-refractivity contribution in [1.82, 2.24) is 10.3 Å². The third kappa shape index (κ3) is 6.18. The van der Waals surface area contributed by atoms with Crippen molar-refractivity contribution >= 4 is 11.9 Å². The Morgan fingerprint density at radius 2 is 1.81 bits per heavy atom. The van der Waals surface area contributed by atoms with Crippen LogP contribution >= 0.6 is 0 Å². The largest absolute Gasteiger partial charge is 0.480 e. The average Bonchev–Trinajstić information content (AvgIpc) is 2.60. The van der Waals surface area contributed by atoms with Crippen LogP contribution in [0.4, 0.5) is 0 Å². The van der Waals surface area contributed by atoms with E-state index >= 15 is 0 Å². The van der Waals surface area contributed by atoms with Gasteiger partial charge in [-0.15, -0.1) is 0 Å². The first-order valence-corrected chi connectivity index (χ1v) is 8.88. The van der Waals surface area contributed by atoms with Crippen LogP contribution in [0.25, 0.3) is 11.3 Å². The lowest BCUT2D eigenvalue weighted by molar-refractivity contribution is -0.140. The summed E-state index contributed by atoms with van der Waals surface area (Å²) >= 11 is 0. The van der Waals surface area contributed by atoms with Crippen LogP contribution in [0.5, 0.6) is 0 Å². The fraction of sp³-hybridized carbons (Fsp3) is 0.381. The number of carboxylic acid groups (broad SMARTS) is 1. The zero-order valence-corrected chi connectivity index (χ0v) is 16.2. The van der Waals surface area contributed by atoms with E-state index in [1.165, 1.54) is 0 Å². The topological polar surface area (TPSA) is 88.5 Å². The van der Waals surface area contributed by atoms with Crippen molar-refractivity contribution in [2.24, 2.45) is 0 Å². The van der Waals surface area contributed by atoms with Gasteiger partial charge in [-0.25, -0.2) is 4.79 Å². The summed E-state index contributed by atoms with van der Waals surface area (Å²) in [6, 6.07) is 12.1. The fourth-order valence-electron chi connectivity index (χ4n) is 2.55. The summed E-state index contributed by atoms with van der Waals surface area (Å²) in [5.41, 5.74) is 2.26. The number of ether oxygens (including phenoxy) is 1. The Kier molecular flexibility index (Phi) is 6.69. The summed E-state index contributed by atoms with van der Waals surface area (Å²) in [6.45, 7) is 7.66. The molecule has 0 aliphatic carbocycles. The lowest BCUT2D eigenvalue weighted by Crippen LogP contribution is -2.42. The molecule has 6 heteroatoms. The van der Waals surface area contributed by atoms with E-state index in [4.69, 9.17) is 4.74 Å². The quantitative estimate of drug-likeness (QED) is 0.779. The number of aromatic nitrogens is 1. The van der Waals surface area contributed by atoms with Gasteiger partial charge in [0.2, 0.25) is 0 Å². The monoisotopic (exact) mass is 370 g/mol. The number of hydrogen-bond donors (Lipinski definition) is 2. The first-order chi connectivity index (χ1) is 12.7. The number of aliphatic carboxylic acids is 1. The highest BCUT2D eigenvalue weighted by Crippen LogP contribution is 2.18. The molecule has 0 aliphatic heterocycles. The summed E-state index contributed by atoms with van der Waals surface area (Å²) in [6.07, 6.45) is 0.187. The van der Waals surface area contributed by atoms with Crippen LogP contribution in [0.2, 0.25) is 0 Å². The summed E-state index contributed by atoms with van der Waals surface area (Å²) in [5.74, 6) is -1.55. The zero-order chi connectivity index (χ0) is 20.0. The van der Waals surface area contributed by atoms with Gasteiger partial charge in [0.15, 0.2) is 0 Å². The van der Waals surface area contributed by atoms with Gasteiger partial charge in [0.25, 0.3) is 5.91 Å². The molecule has 0 aliphatic rings. The van der Waals surface area contributed by atoms with Gasteiger partial charge in [-0.3, -0.25) is 9.78 Å². The molecule has 0 saturated carbocycles. The van der Waals surface area contributed by atoms with Gasteiger partial charge in [0, 0.05) is 18.6 Å². The van der Waals surface area contributed by atoms with E-state index in [-0.39, 0.29) is 18.6 Å². The molecule has 2 N–H and O–H groups in total. The van der Waals surface area contributed by atoms with Crippen LogP contribution in [0.3, 0.4) is 0 Å². The number of rotatable bonds is 7. The van der Waals surface area contributed by atoms with E-state index in [0.29, 0.717) is 11.3 Å². The normalized spacial score (nSPS) is 12.4. The predicted octanol–water partition coefficient (Wildman–Crippen LogP) is 3.45. The van der Waals surface area contributed by atoms with E-state index in [2.05, 4.69) is 10.3 Å². The van der Waals surface area contributed by atoms with Crippen molar-refractivity contribution in [3.63, 3.8) is 0 Å². The van der Waals surface area contributed by atoms with E-state index in [1.54, 1.807) is 19.1 Å². The Balaban J connectivity index is 2.08. The number of aryl methyl sites for hydroxylation is 1. The van der Waals surface area contributed by atoms with Gasteiger partial charge < -0.3 is 15.2 Å². The molecule has 1 amide bonds. The highest BCUT2D eigenvalue weighted by molar-refractivity contribution is 5.97. The van der Waals surface area contributed by atoms with Crippen LogP contribution in [0.1, 0.15) is 43.2 Å². The number of nitrogens with one attached hydrogen (secondary N) is 1. The number of carbonyl (C=O) groups excluding carboxylic acids is 1. The third-order valence-electron chi connectivity index (χ3n) is 3.95. The molecule has 1 heterocycles. The van der Waals surface area contributed by atoms with Crippen LogP contribution in [0, 0.1) is 6.92 Å². The molecule has 2 rings (SSSR count). The third-order valence-corrected chi connectivity index (χ3v) is 3.95. The van der Waals surface area contributed by atoms with Crippen LogP contribution in [-0.4, -0.2) is 40.2 Å². The van der Waals surface area contributed by atoms with E-state index < -0.39 is 17.9 Å². The summed E-state index contributed by atoms with van der Waals surface area (Å²) in [4.78, 5) is 28.5. The molecule has 0 saturated heterocycles. The average molecular weight is 370 g/mol. The molecule has 1 aromatic heterocycles. The standard InChI is InChI=1S/C21H26N2O4/c1-14-16(10-11-17(22-14)15-8-6-5-7-9-15)19(24)23-18(20(25)26)12-13-27-21(2,3)4/h5-11,18H,12-13H2,1-4H3,(H,23,24)(H,25,26). The second-order valence-corrected chi connectivity index (χ2v) is 7.31. The Bertz CT molecular complexity index is 798. The fourth-order valence-corrected chi connectivity index (χ4v) is 2.55. The minimum Gasteiger partial charge on any atom is -0.480 e. The van der Waals surface area contributed by atoms with Crippen molar-refractivity contribution < 1.29 is 19.4 Å². The molecule has 0 fully saturated rings. The van der Waals surface area contributed by atoms with Gasteiger partial charge in [0.05, 0.1) is 22.6 Å². The molecule has 2 aromatic rings. The number of carbonyl (C=O) groups is 2. The Labute approximate surface area is 159 Å². The molecular formula is C21H26N2O4. The maximum absolute atomic E-state index is 12.5. The van der Waals surface area contributed by atoms with Crippen molar-refractivity contribution in [3.8, 4) is 11.3 Å². The molecule has 0 radical (unpaired) electrons. The maximum atomic E-state index is 12.5. The van der Waals surface area contributed by atoms with Gasteiger partial charge >= 0.3 is 5.97 Å². The zero-order valence-electron chi connectivity index (χ0n) is 16.2. The van der Waals surface area contributed by atoms with Crippen LogP contribution in [0.15, 0.2) is 42.5 Å². The molecule has 6 nitrogen and oxygen atoms in total. The lowest BCUT2D eigenvalue weighted by atomic mass is 10.1. The van der Waals surface area contributed by atoms with Crippen LogP contribution in [-0.2, 0) is 9.53 Å². The first kappa shape index (κ1) is 20.6. The summed E-state index contributed by atoms with van der Waals surface area (Å²) in [7, 11) is 0. The molecule has 0 spiro atoms. The molecule has 1 unspecified atom stereocenters. The SMILES string of the molecule is Cc1nc(-c2ccccc2)ccc1C(=O)NC(CCOC(C)(C)C)C(=O)O. The number of benzene rings is 1. The van der Waals surface area contributed by atoms with Crippen molar-refractivity contribution in [2.45, 2.75) is 45.8 Å². The van der Waals surface area contributed by atoms with Gasteiger partial charge in [-0.1, -0.05) is 30.3 Å². The number of amides is 1. The van der Waals surface area contributed by atoms with Gasteiger partial charge in [0.1, 0.15) is 6.04 Å². The van der Waals surface area contributed by atoms with Gasteiger partial charge in [-0.2, -0.15) is 0 Å². The minimum atomic E-state index is -1.09. The second kappa shape index (κ2) is 8.77. The molecule has 144 valence electrons. The number of pyridine rings is 1. The van der Waals surface area contributed by atoms with Crippen molar-refractivity contribution in [2.75, 3.05) is 6.61 Å². The lowest BCUT2D eigenvalue weighted by Gasteiger charge is -2.21. The van der Waals surface area contributed by atoms with Gasteiger partial charge in [-0.05, 0) is 39.8 Å². The number of hydrogen-bond acceptors (Lipinski definition) is 4. The second-order valence-electron chi connectivity index (χ2n) is 7.31. The Morgan fingerprint density at radius 1 is 1.15 bits per heavy atom. The number of carboxylic acids is 1. The highest BCUT2D eigenvalue weighted by Gasteiger charge is 2.23. The Hall–Kier alpha value is -2.73. The molecular weight excluding hydrogens is 344 g/mol. The minimum absolute atomic E-state index is 0.187. The van der Waals surface area contributed by atoms with E-state index in [1.807, 2.05) is 51.1 Å². The molecule has 27 heavy (non-hydrogen) atoms. The maximum Gasteiger partial charge on any atom is 0.326 e. The summed E-state index contributed by atoms with van der Waals surface area (Å²) < 4.78 is 5.56. The molecule has 1 aromatic carbocycles. The first-order valence-electron chi connectivity index (χ1n) is 8.88. The van der Waals surface area contributed by atoms with Crippen molar-refractivity contribution in [3.05, 3.63) is 53.7 Å². The number of nitrogens with zero attached hydrogens (tertiary/aromatic N) is 1. The highest BCUT2D eigenvalue weighted by atomic mass is 16.5. The summed E-state index contributed by atoms with van der Waals surface area (Å²) in [5, 5.41) is 11.9. The van der Waals surface area contributed by atoms with E-state index in [0.717, 1.165) is 11.3 Å². The van der Waals surface area contributed by atoms with Crippen LogP contribution < -0.4 is 5.32 Å². The molecule has 1 atom stereocenters. The molecule has 0 bridgehead atoms. The Morgan fingerprint density at radius 3 is 2.37 bits per heavy atom. The smallest absolute Gasteiger partial charge is 0.326 e. The van der Waals surface area contributed by atoms with Crippen molar-refractivity contribution in [1.29, 1.82) is 0 Å². The predicted molar refractivity (Wildman–Crippen MR) is 104 cm³/mol.